The molecule has 0 radical (unpaired) electrons. The van der Waals surface area contributed by atoms with Crippen molar-refractivity contribution in [3.05, 3.63) is 36.2 Å². The Hall–Kier alpha value is -2.77. The number of anilines is 1. The highest BCUT2D eigenvalue weighted by molar-refractivity contribution is 5.92. The fourth-order valence-electron chi connectivity index (χ4n) is 1.91. The minimum Gasteiger partial charge on any atom is -0.454 e. The number of aromatic nitrogens is 4. The number of ether oxygens (including phenoxy) is 1. The largest absolute Gasteiger partial charge is 0.454 e. The van der Waals surface area contributed by atoms with Gasteiger partial charge in [0.25, 0.3) is 5.91 Å². The van der Waals surface area contributed by atoms with E-state index in [1.165, 1.54) is 16.6 Å². The van der Waals surface area contributed by atoms with Gasteiger partial charge in [-0.05, 0) is 41.0 Å². The SMILES string of the molecule is CCCCc1ccc(NC(=O)COC(=O)Cn2cnnn2)cc1. The van der Waals surface area contributed by atoms with E-state index in [1.807, 2.05) is 24.3 Å². The van der Waals surface area contributed by atoms with Crippen molar-refractivity contribution in [1.29, 1.82) is 0 Å². The van der Waals surface area contributed by atoms with Gasteiger partial charge in [-0.15, -0.1) is 5.10 Å². The van der Waals surface area contributed by atoms with Crippen LogP contribution in [0.5, 0.6) is 0 Å². The molecule has 0 aliphatic carbocycles. The normalized spacial score (nSPS) is 10.3. The number of unbranched alkanes of at least 4 members (excludes halogenated alkanes) is 1. The number of hydrogen-bond acceptors (Lipinski definition) is 6. The van der Waals surface area contributed by atoms with Crippen LogP contribution in [0.4, 0.5) is 5.69 Å². The van der Waals surface area contributed by atoms with E-state index in [9.17, 15) is 9.59 Å². The molecule has 1 heterocycles. The molecule has 2 rings (SSSR count). The van der Waals surface area contributed by atoms with E-state index in [1.54, 1.807) is 0 Å². The smallest absolute Gasteiger partial charge is 0.328 e. The highest BCUT2D eigenvalue weighted by atomic mass is 16.5. The predicted octanol–water partition coefficient (Wildman–Crippen LogP) is 1.20. The van der Waals surface area contributed by atoms with Gasteiger partial charge in [0.15, 0.2) is 6.61 Å². The van der Waals surface area contributed by atoms with Gasteiger partial charge in [-0.2, -0.15) is 0 Å². The average Bonchev–Trinajstić information content (AvgIpc) is 3.05. The van der Waals surface area contributed by atoms with Crippen molar-refractivity contribution < 1.29 is 14.3 Å². The minimum atomic E-state index is -0.581. The molecule has 1 N–H and O–H groups in total. The van der Waals surface area contributed by atoms with Crippen molar-refractivity contribution in [2.24, 2.45) is 0 Å². The number of rotatable bonds is 8. The van der Waals surface area contributed by atoms with Crippen LogP contribution in [-0.2, 0) is 27.3 Å². The third kappa shape index (κ3) is 5.85. The summed E-state index contributed by atoms with van der Waals surface area (Å²) in [5.41, 5.74) is 1.91. The number of esters is 1. The van der Waals surface area contributed by atoms with Gasteiger partial charge in [-0.25, -0.2) is 4.68 Å². The first-order valence-electron chi connectivity index (χ1n) is 7.42. The lowest BCUT2D eigenvalue weighted by Crippen LogP contribution is -2.23. The zero-order valence-corrected chi connectivity index (χ0v) is 12.9. The first-order chi connectivity index (χ1) is 11.2. The summed E-state index contributed by atoms with van der Waals surface area (Å²) in [5.74, 6) is -0.973. The van der Waals surface area contributed by atoms with Crippen LogP contribution >= 0.6 is 0 Å². The van der Waals surface area contributed by atoms with Gasteiger partial charge in [0, 0.05) is 5.69 Å². The highest BCUT2D eigenvalue weighted by Gasteiger charge is 2.09. The predicted molar refractivity (Wildman–Crippen MR) is 82.5 cm³/mol. The van der Waals surface area contributed by atoms with Gasteiger partial charge in [-0.1, -0.05) is 25.5 Å². The third-order valence-corrected chi connectivity index (χ3v) is 3.10. The van der Waals surface area contributed by atoms with E-state index in [0.717, 1.165) is 19.3 Å². The number of carbonyl (C=O) groups is 2. The van der Waals surface area contributed by atoms with Gasteiger partial charge in [0.2, 0.25) is 0 Å². The fourth-order valence-corrected chi connectivity index (χ4v) is 1.91. The number of nitrogens with zero attached hydrogens (tertiary/aromatic N) is 4. The number of hydrogen-bond donors (Lipinski definition) is 1. The van der Waals surface area contributed by atoms with Crippen molar-refractivity contribution in [1.82, 2.24) is 20.2 Å². The molecule has 0 unspecified atom stereocenters. The molecule has 0 bridgehead atoms. The van der Waals surface area contributed by atoms with Crippen molar-refractivity contribution in [2.45, 2.75) is 32.7 Å². The zero-order chi connectivity index (χ0) is 16.5. The molecule has 8 heteroatoms. The lowest BCUT2D eigenvalue weighted by atomic mass is 10.1. The monoisotopic (exact) mass is 317 g/mol. The van der Waals surface area contributed by atoms with E-state index in [-0.39, 0.29) is 13.2 Å². The Kier molecular flexibility index (Phi) is 6.22. The molecule has 0 saturated heterocycles. The van der Waals surface area contributed by atoms with Crippen molar-refractivity contribution in [3.63, 3.8) is 0 Å². The van der Waals surface area contributed by atoms with Crippen molar-refractivity contribution >= 4 is 17.6 Å². The van der Waals surface area contributed by atoms with Gasteiger partial charge in [-0.3, -0.25) is 9.59 Å². The number of aryl methyl sites for hydroxylation is 1. The topological polar surface area (TPSA) is 99.0 Å². The van der Waals surface area contributed by atoms with E-state index in [2.05, 4.69) is 27.8 Å². The van der Waals surface area contributed by atoms with Gasteiger partial charge >= 0.3 is 5.97 Å². The summed E-state index contributed by atoms with van der Waals surface area (Å²) < 4.78 is 6.08. The maximum atomic E-state index is 11.7. The maximum absolute atomic E-state index is 11.7. The number of carbonyl (C=O) groups excluding carboxylic acids is 2. The lowest BCUT2D eigenvalue weighted by molar-refractivity contribution is -0.148. The standard InChI is InChI=1S/C15H19N5O3/c1-2-3-4-12-5-7-13(8-6-12)17-14(21)10-23-15(22)9-20-11-16-18-19-20/h5-8,11H,2-4,9-10H2,1H3,(H,17,21). The molecule has 0 atom stereocenters. The number of benzene rings is 1. The van der Waals surface area contributed by atoms with Crippen LogP contribution in [0.15, 0.2) is 30.6 Å². The zero-order valence-electron chi connectivity index (χ0n) is 12.9. The molecule has 1 aromatic carbocycles. The van der Waals surface area contributed by atoms with Crippen LogP contribution in [0.1, 0.15) is 25.3 Å². The molecular formula is C15H19N5O3. The summed E-state index contributed by atoms with van der Waals surface area (Å²) in [5, 5.41) is 13.0. The lowest BCUT2D eigenvalue weighted by Gasteiger charge is -2.07. The number of amides is 1. The molecule has 0 aliphatic rings. The summed E-state index contributed by atoms with van der Waals surface area (Å²) in [6.07, 6.45) is 4.61. The van der Waals surface area contributed by atoms with Gasteiger partial charge < -0.3 is 10.1 Å². The Morgan fingerprint density at radius 2 is 2.04 bits per heavy atom. The first-order valence-corrected chi connectivity index (χ1v) is 7.42. The Labute approximate surface area is 133 Å². The minimum absolute atomic E-state index is 0.133. The second-order valence-electron chi connectivity index (χ2n) is 5.02. The van der Waals surface area contributed by atoms with Crippen molar-refractivity contribution in [2.75, 3.05) is 11.9 Å². The molecule has 0 spiro atoms. The molecule has 0 aliphatic heterocycles. The summed E-state index contributed by atoms with van der Waals surface area (Å²) in [7, 11) is 0. The van der Waals surface area contributed by atoms with Gasteiger partial charge in [0.05, 0.1) is 0 Å². The molecule has 1 amide bonds. The van der Waals surface area contributed by atoms with E-state index in [0.29, 0.717) is 5.69 Å². The first kappa shape index (κ1) is 16.6. The summed E-state index contributed by atoms with van der Waals surface area (Å²) in [4.78, 5) is 23.2. The number of tetrazole rings is 1. The van der Waals surface area contributed by atoms with E-state index in [4.69, 9.17) is 4.74 Å². The molecule has 2 aromatic rings. The molecule has 23 heavy (non-hydrogen) atoms. The Balaban J connectivity index is 1.72. The molecule has 122 valence electrons. The van der Waals surface area contributed by atoms with Crippen LogP contribution < -0.4 is 5.32 Å². The second-order valence-corrected chi connectivity index (χ2v) is 5.02. The molecule has 0 saturated carbocycles. The quantitative estimate of drug-likeness (QED) is 0.734. The van der Waals surface area contributed by atoms with Crippen LogP contribution in [0.25, 0.3) is 0 Å². The average molecular weight is 317 g/mol. The Bertz CT molecular complexity index is 625. The second kappa shape index (κ2) is 8.62. The fraction of sp³-hybridized carbons (Fsp3) is 0.400. The molecule has 1 aromatic heterocycles. The van der Waals surface area contributed by atoms with Gasteiger partial charge in [0.1, 0.15) is 12.9 Å². The summed E-state index contributed by atoms with van der Waals surface area (Å²) in [6, 6.07) is 7.64. The van der Waals surface area contributed by atoms with E-state index >= 15 is 0 Å². The van der Waals surface area contributed by atoms with E-state index < -0.39 is 11.9 Å². The Morgan fingerprint density at radius 1 is 1.26 bits per heavy atom. The number of nitrogens with one attached hydrogen (secondary N) is 1. The molecule has 8 nitrogen and oxygen atoms in total. The van der Waals surface area contributed by atoms with Crippen LogP contribution in [0.2, 0.25) is 0 Å². The molecular weight excluding hydrogens is 298 g/mol. The van der Waals surface area contributed by atoms with Crippen LogP contribution in [-0.4, -0.2) is 38.7 Å². The summed E-state index contributed by atoms with van der Waals surface area (Å²) in [6.45, 7) is 1.67. The summed E-state index contributed by atoms with van der Waals surface area (Å²) >= 11 is 0. The third-order valence-electron chi connectivity index (χ3n) is 3.10. The van der Waals surface area contributed by atoms with Crippen molar-refractivity contribution in [3.8, 4) is 0 Å². The highest BCUT2D eigenvalue weighted by Crippen LogP contribution is 2.11. The Morgan fingerprint density at radius 3 is 2.70 bits per heavy atom. The molecule has 0 fully saturated rings. The maximum Gasteiger partial charge on any atom is 0.328 e. The van der Waals surface area contributed by atoms with Crippen LogP contribution in [0, 0.1) is 0 Å². The van der Waals surface area contributed by atoms with Crippen LogP contribution in [0.3, 0.4) is 0 Å².